The number of aromatic nitrogens is 2. The fraction of sp³-hybridized carbons (Fsp3) is 0.727. The van der Waals surface area contributed by atoms with E-state index < -0.39 is 0 Å². The molecule has 1 aromatic heterocycles. The van der Waals surface area contributed by atoms with Gasteiger partial charge in [0.15, 0.2) is 0 Å². The van der Waals surface area contributed by atoms with Crippen LogP contribution in [0.4, 0.5) is 11.5 Å². The van der Waals surface area contributed by atoms with E-state index in [1.54, 1.807) is 4.68 Å². The minimum atomic E-state index is 0.236. The predicted octanol–water partition coefficient (Wildman–Crippen LogP) is 1.13. The zero-order valence-electron chi connectivity index (χ0n) is 10.3. The van der Waals surface area contributed by atoms with Crippen LogP contribution in [0.5, 0.6) is 0 Å². The summed E-state index contributed by atoms with van der Waals surface area (Å²) in [4.78, 5) is 0. The van der Waals surface area contributed by atoms with Crippen LogP contribution in [-0.4, -0.2) is 28.0 Å². The fourth-order valence-corrected chi connectivity index (χ4v) is 1.76. The first-order valence-corrected chi connectivity index (χ1v) is 5.73. The summed E-state index contributed by atoms with van der Waals surface area (Å²) < 4.78 is 1.76. The normalized spacial score (nSPS) is 12.8. The molecule has 0 aliphatic rings. The Hall–Kier alpha value is -1.23. The van der Waals surface area contributed by atoms with Gasteiger partial charge < -0.3 is 16.2 Å². The van der Waals surface area contributed by atoms with Crippen molar-refractivity contribution < 1.29 is 5.11 Å². The SMILES string of the molecule is CCC(CCO)CNc1c(N)c(C)nn1C. The van der Waals surface area contributed by atoms with Crippen LogP contribution in [0.25, 0.3) is 0 Å². The van der Waals surface area contributed by atoms with Crippen molar-refractivity contribution >= 4 is 11.5 Å². The van der Waals surface area contributed by atoms with E-state index in [0.717, 1.165) is 30.9 Å². The van der Waals surface area contributed by atoms with Crippen LogP contribution in [0.2, 0.25) is 0 Å². The second-order valence-corrected chi connectivity index (χ2v) is 4.14. The van der Waals surface area contributed by atoms with Gasteiger partial charge in [0.1, 0.15) is 5.82 Å². The van der Waals surface area contributed by atoms with Crippen molar-refractivity contribution in [1.82, 2.24) is 9.78 Å². The highest BCUT2D eigenvalue weighted by molar-refractivity contribution is 5.64. The Bertz CT molecular complexity index is 335. The van der Waals surface area contributed by atoms with Crippen molar-refractivity contribution in [3.63, 3.8) is 0 Å². The first-order valence-electron chi connectivity index (χ1n) is 5.73. The van der Waals surface area contributed by atoms with E-state index in [-0.39, 0.29) is 6.61 Å². The van der Waals surface area contributed by atoms with Gasteiger partial charge in [-0.2, -0.15) is 5.10 Å². The van der Waals surface area contributed by atoms with Gasteiger partial charge in [0.2, 0.25) is 0 Å². The van der Waals surface area contributed by atoms with Crippen LogP contribution in [0.3, 0.4) is 0 Å². The molecule has 0 aliphatic heterocycles. The van der Waals surface area contributed by atoms with Gasteiger partial charge in [0, 0.05) is 20.2 Å². The van der Waals surface area contributed by atoms with Crippen LogP contribution in [0, 0.1) is 12.8 Å². The van der Waals surface area contributed by atoms with E-state index in [1.807, 2.05) is 14.0 Å². The summed E-state index contributed by atoms with van der Waals surface area (Å²) in [6, 6.07) is 0. The second kappa shape index (κ2) is 5.75. The minimum absolute atomic E-state index is 0.236. The number of nitrogen functional groups attached to an aromatic ring is 1. The quantitative estimate of drug-likeness (QED) is 0.679. The molecule has 1 heterocycles. The number of nitrogens with two attached hydrogens (primary N) is 1. The van der Waals surface area contributed by atoms with Gasteiger partial charge in [-0.05, 0) is 19.3 Å². The molecule has 16 heavy (non-hydrogen) atoms. The number of aryl methyl sites for hydroxylation is 2. The van der Waals surface area contributed by atoms with Crippen LogP contribution in [-0.2, 0) is 7.05 Å². The Morgan fingerprint density at radius 1 is 1.56 bits per heavy atom. The molecule has 0 aliphatic carbocycles. The average molecular weight is 226 g/mol. The maximum absolute atomic E-state index is 8.91. The smallest absolute Gasteiger partial charge is 0.147 e. The summed E-state index contributed by atoms with van der Waals surface area (Å²) in [5.41, 5.74) is 7.47. The zero-order valence-corrected chi connectivity index (χ0v) is 10.3. The maximum atomic E-state index is 8.91. The Labute approximate surface area is 96.6 Å². The summed E-state index contributed by atoms with van der Waals surface area (Å²) in [6.07, 6.45) is 1.87. The molecule has 0 aromatic carbocycles. The fourth-order valence-electron chi connectivity index (χ4n) is 1.76. The molecule has 0 bridgehead atoms. The Balaban J connectivity index is 2.59. The van der Waals surface area contributed by atoms with Gasteiger partial charge in [0.25, 0.3) is 0 Å². The molecule has 0 radical (unpaired) electrons. The number of nitrogens with one attached hydrogen (secondary N) is 1. The minimum Gasteiger partial charge on any atom is -0.396 e. The maximum Gasteiger partial charge on any atom is 0.147 e. The Morgan fingerprint density at radius 3 is 2.69 bits per heavy atom. The van der Waals surface area contributed by atoms with Gasteiger partial charge in [-0.1, -0.05) is 13.3 Å². The van der Waals surface area contributed by atoms with Crippen molar-refractivity contribution in [2.24, 2.45) is 13.0 Å². The number of hydrogen-bond donors (Lipinski definition) is 3. The predicted molar refractivity (Wildman–Crippen MR) is 66.3 cm³/mol. The van der Waals surface area contributed by atoms with Crippen LogP contribution >= 0.6 is 0 Å². The van der Waals surface area contributed by atoms with Crippen molar-refractivity contribution in [2.45, 2.75) is 26.7 Å². The Morgan fingerprint density at radius 2 is 2.25 bits per heavy atom. The van der Waals surface area contributed by atoms with E-state index in [4.69, 9.17) is 10.8 Å². The number of hydrogen-bond acceptors (Lipinski definition) is 4. The number of nitrogens with zero attached hydrogens (tertiary/aromatic N) is 2. The highest BCUT2D eigenvalue weighted by atomic mass is 16.3. The lowest BCUT2D eigenvalue weighted by Crippen LogP contribution is -2.17. The summed E-state index contributed by atoms with van der Waals surface area (Å²) >= 11 is 0. The Kier molecular flexibility index (Phi) is 4.61. The van der Waals surface area contributed by atoms with Crippen molar-refractivity contribution in [3.8, 4) is 0 Å². The molecule has 0 fully saturated rings. The largest absolute Gasteiger partial charge is 0.396 e. The summed E-state index contributed by atoms with van der Waals surface area (Å²) in [5, 5.41) is 16.5. The topological polar surface area (TPSA) is 76.1 Å². The van der Waals surface area contributed by atoms with E-state index in [1.165, 1.54) is 0 Å². The van der Waals surface area contributed by atoms with Gasteiger partial charge in [-0.15, -0.1) is 0 Å². The summed E-state index contributed by atoms with van der Waals surface area (Å²) in [5.74, 6) is 1.34. The lowest BCUT2D eigenvalue weighted by molar-refractivity contribution is 0.258. The van der Waals surface area contributed by atoms with Gasteiger partial charge in [-0.25, -0.2) is 0 Å². The zero-order chi connectivity index (χ0) is 12.1. The van der Waals surface area contributed by atoms with E-state index in [0.29, 0.717) is 11.6 Å². The number of aliphatic hydroxyl groups is 1. The van der Waals surface area contributed by atoms with E-state index in [2.05, 4.69) is 17.3 Å². The molecular weight excluding hydrogens is 204 g/mol. The molecule has 5 nitrogen and oxygen atoms in total. The highest BCUT2D eigenvalue weighted by Crippen LogP contribution is 2.21. The first kappa shape index (κ1) is 12.8. The molecule has 4 N–H and O–H groups in total. The monoisotopic (exact) mass is 226 g/mol. The van der Waals surface area contributed by atoms with Gasteiger partial charge >= 0.3 is 0 Å². The molecule has 5 heteroatoms. The highest BCUT2D eigenvalue weighted by Gasteiger charge is 2.11. The molecule has 0 spiro atoms. The van der Waals surface area contributed by atoms with E-state index in [9.17, 15) is 0 Å². The van der Waals surface area contributed by atoms with Gasteiger partial charge in [0.05, 0.1) is 11.4 Å². The molecule has 0 saturated heterocycles. The van der Waals surface area contributed by atoms with Crippen molar-refractivity contribution in [2.75, 3.05) is 24.2 Å². The molecule has 1 rings (SSSR count). The number of aliphatic hydroxyl groups excluding tert-OH is 1. The van der Waals surface area contributed by atoms with E-state index >= 15 is 0 Å². The second-order valence-electron chi connectivity index (χ2n) is 4.14. The third-order valence-electron chi connectivity index (χ3n) is 2.94. The summed E-state index contributed by atoms with van der Waals surface area (Å²) in [6.45, 7) is 5.08. The molecule has 0 saturated carbocycles. The van der Waals surface area contributed by atoms with Crippen molar-refractivity contribution in [1.29, 1.82) is 0 Å². The van der Waals surface area contributed by atoms with Crippen molar-refractivity contribution in [3.05, 3.63) is 5.69 Å². The van der Waals surface area contributed by atoms with Crippen LogP contribution in [0.1, 0.15) is 25.5 Å². The molecule has 92 valence electrons. The third kappa shape index (κ3) is 2.88. The molecule has 1 aromatic rings. The standard InChI is InChI=1S/C11H22N4O/c1-4-9(5-6-16)7-13-11-10(12)8(2)14-15(11)3/h9,13,16H,4-7,12H2,1-3H3. The average Bonchev–Trinajstić information content (AvgIpc) is 2.49. The molecule has 1 unspecified atom stereocenters. The molecular formula is C11H22N4O. The summed E-state index contributed by atoms with van der Waals surface area (Å²) in [7, 11) is 1.87. The van der Waals surface area contributed by atoms with Gasteiger partial charge in [-0.3, -0.25) is 4.68 Å². The lowest BCUT2D eigenvalue weighted by Gasteiger charge is -2.15. The molecule has 0 amide bonds. The first-order chi connectivity index (χ1) is 7.60. The van der Waals surface area contributed by atoms with Crippen LogP contribution in [0.15, 0.2) is 0 Å². The molecule has 1 atom stereocenters. The number of anilines is 2. The third-order valence-corrected chi connectivity index (χ3v) is 2.94. The lowest BCUT2D eigenvalue weighted by atomic mass is 10.0. The number of rotatable bonds is 6. The van der Waals surface area contributed by atoms with Crippen LogP contribution < -0.4 is 11.1 Å².